The number of rotatable bonds is 7. The van der Waals surface area contributed by atoms with Gasteiger partial charge in [-0.05, 0) is 149 Å². The smallest absolute Gasteiger partial charge is 0.126 e. The van der Waals surface area contributed by atoms with Crippen molar-refractivity contribution in [2.24, 2.45) is 0 Å². The standard InChI is InChI=1S/C13H18BrNO.C10H13F.C10H14.C9H10BrF.C9H11F.C9H12O/c1-10(2)12-9-11(3-4-13(12)14)15-5-7-16-8-6-15;1-7(2)10-5-4-9(11)6-8(10)3;1-8(2)10-6-4-5-9(3)7-10;1-6(2)8-4-3-7(11)5-9(8)10;1-7(2)8-5-3-4-6-9(8)10;1-7(2)8-4-3-5-9(10)6-8/h3-4,9-10H,5-8H2,1-2H3;4-7H,1-3H3;4-8H,1-3H3;3-6H,1-2H3;3-7H,1-2H3;3-7,10H,1-2H3. The summed E-state index contributed by atoms with van der Waals surface area (Å²) in [6.07, 6.45) is 0. The van der Waals surface area contributed by atoms with Gasteiger partial charge in [0.25, 0.3) is 0 Å². The summed E-state index contributed by atoms with van der Waals surface area (Å²) in [5.41, 5.74) is 10.9. The van der Waals surface area contributed by atoms with E-state index in [1.807, 2.05) is 57.2 Å². The first-order valence-corrected chi connectivity index (χ1v) is 25.5. The van der Waals surface area contributed by atoms with E-state index < -0.39 is 0 Å². The number of anilines is 1. The molecule has 1 fully saturated rings. The van der Waals surface area contributed by atoms with E-state index in [1.54, 1.807) is 24.3 Å². The third-order valence-electron chi connectivity index (χ3n) is 11.2. The zero-order valence-corrected chi connectivity index (χ0v) is 46.3. The fraction of sp³-hybridized carbons (Fsp3) is 0.400. The van der Waals surface area contributed by atoms with Crippen molar-refractivity contribution in [3.05, 3.63) is 198 Å². The van der Waals surface area contributed by atoms with E-state index >= 15 is 0 Å². The molecule has 0 aromatic heterocycles. The lowest BCUT2D eigenvalue weighted by Crippen LogP contribution is -2.36. The van der Waals surface area contributed by atoms with Crippen LogP contribution in [0.25, 0.3) is 0 Å². The predicted octanol–water partition coefficient (Wildman–Crippen LogP) is 19.0. The number of hydrogen-bond donors (Lipinski definition) is 1. The SMILES string of the molecule is CC(C)c1cc(N2CCOCC2)ccc1Br.CC(C)c1ccc(F)cc1Br.CC(C)c1cccc(O)c1.CC(C)c1ccccc1F.Cc1cc(F)ccc1C(C)C.Cc1cccc(C(C)C)c1. The van der Waals surface area contributed by atoms with Crippen molar-refractivity contribution in [3.8, 4) is 5.75 Å². The molecule has 0 bridgehead atoms. The minimum Gasteiger partial charge on any atom is -0.508 e. The third kappa shape index (κ3) is 21.9. The van der Waals surface area contributed by atoms with Crippen molar-refractivity contribution in [1.29, 1.82) is 0 Å². The van der Waals surface area contributed by atoms with Crippen LogP contribution in [0.4, 0.5) is 18.9 Å². The molecule has 1 saturated heterocycles. The number of benzene rings is 6. The Hall–Kier alpha value is -4.37. The van der Waals surface area contributed by atoms with Crippen LogP contribution in [0, 0.1) is 31.3 Å². The highest BCUT2D eigenvalue weighted by Crippen LogP contribution is 2.30. The van der Waals surface area contributed by atoms with Gasteiger partial charge in [0.15, 0.2) is 0 Å². The molecule has 6 aromatic rings. The molecule has 7 rings (SSSR count). The Balaban J connectivity index is 0.000000283. The fourth-order valence-electron chi connectivity index (χ4n) is 7.10. The Kier molecular flexibility index (Phi) is 27.2. The third-order valence-corrected chi connectivity index (χ3v) is 12.6. The van der Waals surface area contributed by atoms with Crippen molar-refractivity contribution < 1.29 is 23.0 Å². The Morgan fingerprint density at radius 1 is 0.471 bits per heavy atom. The average molecular weight is 1060 g/mol. The highest BCUT2D eigenvalue weighted by atomic mass is 79.9. The van der Waals surface area contributed by atoms with Crippen molar-refractivity contribution in [2.75, 3.05) is 31.2 Å². The summed E-state index contributed by atoms with van der Waals surface area (Å²) >= 11 is 6.92. The summed E-state index contributed by atoms with van der Waals surface area (Å²) in [6, 6.07) is 39.3. The lowest BCUT2D eigenvalue weighted by molar-refractivity contribution is 0.122. The highest BCUT2D eigenvalue weighted by molar-refractivity contribution is 9.10. The van der Waals surface area contributed by atoms with Gasteiger partial charge in [-0.25, -0.2) is 13.2 Å². The van der Waals surface area contributed by atoms with Gasteiger partial charge in [-0.1, -0.05) is 187 Å². The van der Waals surface area contributed by atoms with Gasteiger partial charge in [0.1, 0.15) is 23.2 Å². The van der Waals surface area contributed by atoms with Crippen LogP contribution in [-0.4, -0.2) is 31.4 Å². The molecular weight excluding hydrogens is 983 g/mol. The van der Waals surface area contributed by atoms with Crippen molar-refractivity contribution in [3.63, 3.8) is 0 Å². The Bertz CT molecular complexity index is 2270. The van der Waals surface area contributed by atoms with Gasteiger partial charge < -0.3 is 14.7 Å². The van der Waals surface area contributed by atoms with Gasteiger partial charge in [0.05, 0.1) is 13.2 Å². The van der Waals surface area contributed by atoms with Gasteiger partial charge >= 0.3 is 0 Å². The molecule has 0 spiro atoms. The van der Waals surface area contributed by atoms with E-state index in [0.717, 1.165) is 47.5 Å². The van der Waals surface area contributed by atoms with E-state index in [-0.39, 0.29) is 23.4 Å². The van der Waals surface area contributed by atoms with Crippen molar-refractivity contribution in [2.45, 2.75) is 132 Å². The van der Waals surface area contributed by atoms with Gasteiger partial charge in [0.2, 0.25) is 0 Å². The molecule has 0 saturated carbocycles. The molecule has 68 heavy (non-hydrogen) atoms. The molecule has 1 heterocycles. The molecule has 0 unspecified atom stereocenters. The first-order valence-electron chi connectivity index (χ1n) is 23.9. The van der Waals surface area contributed by atoms with Crippen LogP contribution in [0.15, 0.2) is 136 Å². The topological polar surface area (TPSA) is 32.7 Å². The van der Waals surface area contributed by atoms with Gasteiger partial charge in [-0.3, -0.25) is 0 Å². The van der Waals surface area contributed by atoms with Crippen molar-refractivity contribution in [1.82, 2.24) is 0 Å². The van der Waals surface area contributed by atoms with E-state index in [2.05, 4.69) is 155 Å². The molecule has 3 nitrogen and oxygen atoms in total. The molecule has 1 N–H and O–H groups in total. The van der Waals surface area contributed by atoms with Crippen LogP contribution in [-0.2, 0) is 4.74 Å². The molecule has 0 radical (unpaired) electrons. The monoisotopic (exact) mass is 1060 g/mol. The van der Waals surface area contributed by atoms with Crippen LogP contribution in [0.3, 0.4) is 0 Å². The quantitative estimate of drug-likeness (QED) is 0.173. The van der Waals surface area contributed by atoms with Crippen LogP contribution >= 0.6 is 31.9 Å². The molecule has 8 heteroatoms. The molecule has 0 amide bonds. The maximum Gasteiger partial charge on any atom is 0.126 e. The van der Waals surface area contributed by atoms with E-state index in [4.69, 9.17) is 9.84 Å². The number of nitrogens with zero attached hydrogens (tertiary/aromatic N) is 1. The number of phenols is 1. The summed E-state index contributed by atoms with van der Waals surface area (Å²) < 4.78 is 45.5. The van der Waals surface area contributed by atoms with E-state index in [0.29, 0.717) is 35.3 Å². The number of ether oxygens (including phenoxy) is 1. The molecule has 1 aliphatic heterocycles. The summed E-state index contributed by atoms with van der Waals surface area (Å²) in [6.45, 7) is 33.2. The summed E-state index contributed by atoms with van der Waals surface area (Å²) in [5.74, 6) is 2.81. The van der Waals surface area contributed by atoms with Crippen LogP contribution < -0.4 is 4.90 Å². The zero-order valence-electron chi connectivity index (χ0n) is 43.1. The van der Waals surface area contributed by atoms with E-state index in [1.165, 1.54) is 62.2 Å². The van der Waals surface area contributed by atoms with Crippen LogP contribution in [0.1, 0.15) is 163 Å². The molecule has 6 aromatic carbocycles. The zero-order chi connectivity index (χ0) is 51.1. The van der Waals surface area contributed by atoms with Crippen LogP contribution in [0.5, 0.6) is 5.75 Å². The molecule has 1 aliphatic rings. The normalized spacial score (nSPS) is 12.0. The van der Waals surface area contributed by atoms with Crippen molar-refractivity contribution >= 4 is 37.5 Å². The number of aromatic hydroxyl groups is 1. The lowest BCUT2D eigenvalue weighted by Gasteiger charge is -2.29. The Morgan fingerprint density at radius 2 is 0.985 bits per heavy atom. The first kappa shape index (κ1) is 59.8. The molecular formula is C60H78Br2F3NO2. The summed E-state index contributed by atoms with van der Waals surface area (Å²) in [7, 11) is 0. The Morgan fingerprint density at radius 3 is 1.43 bits per heavy atom. The number of phenolic OH excluding ortho intramolecular Hbond substituents is 1. The summed E-state index contributed by atoms with van der Waals surface area (Å²) in [5, 5.41) is 9.06. The summed E-state index contributed by atoms with van der Waals surface area (Å²) in [4.78, 5) is 2.39. The number of aryl methyl sites for hydroxylation is 2. The number of morpholine rings is 1. The minimum atomic E-state index is -0.193. The molecule has 0 atom stereocenters. The minimum absolute atomic E-state index is 0.0995. The average Bonchev–Trinajstić information content (AvgIpc) is 3.27. The number of hydrogen-bond acceptors (Lipinski definition) is 3. The predicted molar refractivity (Wildman–Crippen MR) is 293 cm³/mol. The molecule has 0 aliphatic carbocycles. The number of halogens is 5. The second-order valence-corrected chi connectivity index (χ2v) is 20.6. The first-order chi connectivity index (χ1) is 32.0. The Labute approximate surface area is 425 Å². The van der Waals surface area contributed by atoms with Gasteiger partial charge in [-0.15, -0.1) is 0 Å². The van der Waals surface area contributed by atoms with Gasteiger partial charge in [-0.2, -0.15) is 0 Å². The maximum absolute atomic E-state index is 12.8. The molecule has 370 valence electrons. The second kappa shape index (κ2) is 31.0. The van der Waals surface area contributed by atoms with Crippen LogP contribution in [0.2, 0.25) is 0 Å². The van der Waals surface area contributed by atoms with E-state index in [9.17, 15) is 13.2 Å². The lowest BCUT2D eigenvalue weighted by atomic mass is 9.98. The second-order valence-electron chi connectivity index (χ2n) is 18.9. The fourth-order valence-corrected chi connectivity index (χ4v) is 8.62. The highest BCUT2D eigenvalue weighted by Gasteiger charge is 2.14. The van der Waals surface area contributed by atoms with Gasteiger partial charge in [0, 0.05) is 27.7 Å². The maximum atomic E-state index is 12.8. The largest absolute Gasteiger partial charge is 0.508 e.